The average Bonchev–Trinajstić information content (AvgIpc) is 2.12. The van der Waals surface area contributed by atoms with Gasteiger partial charge >= 0.3 is 58.2 Å². The van der Waals surface area contributed by atoms with Crippen LogP contribution in [0, 0.1) is 5.92 Å². The standard InChI is InChI=1S/C6H14N.2C2H6.Rb/c1-3-6(2)4-5-7;2*1-2;/h6-7H,3-5H2,1-2H3;2*1-2H3;/q-1;;;+1. The maximum Gasteiger partial charge on any atom is 1.00 e. The molecule has 1 nitrogen and oxygen atoms in total. The van der Waals surface area contributed by atoms with E-state index in [-0.39, 0.29) is 58.2 Å². The van der Waals surface area contributed by atoms with Crippen molar-refractivity contribution in [2.45, 2.75) is 54.4 Å². The van der Waals surface area contributed by atoms with Crippen LogP contribution in [0.15, 0.2) is 0 Å². The summed E-state index contributed by atoms with van der Waals surface area (Å²) in [5, 5.41) is 0. The van der Waals surface area contributed by atoms with Crippen LogP contribution in [-0.2, 0) is 0 Å². The van der Waals surface area contributed by atoms with Gasteiger partial charge in [-0.3, -0.25) is 0 Å². The largest absolute Gasteiger partial charge is 1.00 e. The van der Waals surface area contributed by atoms with Gasteiger partial charge in [-0.25, -0.2) is 0 Å². The topological polar surface area (TPSA) is 23.8 Å². The molecule has 0 radical (unpaired) electrons. The maximum absolute atomic E-state index is 6.84. The molecule has 0 saturated carbocycles. The summed E-state index contributed by atoms with van der Waals surface area (Å²) >= 11 is 0. The Morgan fingerprint density at radius 2 is 1.42 bits per heavy atom. The molecule has 0 aromatic heterocycles. The van der Waals surface area contributed by atoms with Crippen molar-refractivity contribution in [3.63, 3.8) is 0 Å². The molecule has 12 heavy (non-hydrogen) atoms. The molecule has 0 amide bonds. The van der Waals surface area contributed by atoms with Gasteiger partial charge in [0.25, 0.3) is 0 Å². The number of nitrogens with one attached hydrogen (secondary N) is 1. The zero-order chi connectivity index (χ0) is 9.70. The van der Waals surface area contributed by atoms with Gasteiger partial charge in [-0.2, -0.15) is 6.54 Å². The van der Waals surface area contributed by atoms with Crippen LogP contribution < -0.4 is 58.2 Å². The molecule has 0 aliphatic carbocycles. The van der Waals surface area contributed by atoms with E-state index in [1.54, 1.807) is 0 Å². The van der Waals surface area contributed by atoms with Gasteiger partial charge in [0.05, 0.1) is 0 Å². The van der Waals surface area contributed by atoms with Crippen LogP contribution in [0.2, 0.25) is 0 Å². The van der Waals surface area contributed by atoms with Crippen LogP contribution in [0.4, 0.5) is 0 Å². The molecule has 0 saturated heterocycles. The molecular weight excluding hydrogens is 220 g/mol. The van der Waals surface area contributed by atoms with E-state index in [2.05, 4.69) is 13.8 Å². The van der Waals surface area contributed by atoms with Crippen LogP contribution in [-0.4, -0.2) is 6.54 Å². The summed E-state index contributed by atoms with van der Waals surface area (Å²) in [7, 11) is 0. The first-order valence-corrected chi connectivity index (χ1v) is 4.95. The second-order valence-corrected chi connectivity index (χ2v) is 2.05. The van der Waals surface area contributed by atoms with Crippen molar-refractivity contribution in [1.82, 2.24) is 0 Å². The predicted molar refractivity (Wildman–Crippen MR) is 56.0 cm³/mol. The first kappa shape index (κ1) is 23.5. The summed E-state index contributed by atoms with van der Waals surface area (Å²) in [6.45, 7) is 12.9. The zero-order valence-electron chi connectivity index (χ0n) is 10.2. The molecule has 0 aromatic rings. The van der Waals surface area contributed by atoms with Crippen LogP contribution in [0.5, 0.6) is 0 Å². The van der Waals surface area contributed by atoms with Crippen LogP contribution >= 0.6 is 0 Å². The predicted octanol–water partition coefficient (Wildman–Crippen LogP) is 1.53. The third-order valence-corrected chi connectivity index (χ3v) is 1.33. The third kappa shape index (κ3) is 29.8. The summed E-state index contributed by atoms with van der Waals surface area (Å²) in [5.74, 6) is 0.762. The molecule has 0 aromatic carbocycles. The van der Waals surface area contributed by atoms with E-state index in [9.17, 15) is 0 Å². The second kappa shape index (κ2) is 29.3. The van der Waals surface area contributed by atoms with Crippen molar-refractivity contribution in [2.75, 3.05) is 6.54 Å². The van der Waals surface area contributed by atoms with E-state index in [0.717, 1.165) is 12.3 Å². The molecule has 0 aliphatic heterocycles. The Morgan fingerprint density at radius 3 is 1.50 bits per heavy atom. The quantitative estimate of drug-likeness (QED) is 0.720. The van der Waals surface area contributed by atoms with Crippen molar-refractivity contribution < 1.29 is 58.2 Å². The van der Waals surface area contributed by atoms with Gasteiger partial charge in [-0.1, -0.05) is 54.4 Å². The van der Waals surface area contributed by atoms with Gasteiger partial charge in [0.1, 0.15) is 0 Å². The molecule has 72 valence electrons. The Morgan fingerprint density at radius 1 is 1.08 bits per heavy atom. The summed E-state index contributed by atoms with van der Waals surface area (Å²) in [4.78, 5) is 0. The van der Waals surface area contributed by atoms with E-state index in [1.807, 2.05) is 27.7 Å². The minimum Gasteiger partial charge on any atom is -0.677 e. The summed E-state index contributed by atoms with van der Waals surface area (Å²) in [6.07, 6.45) is 2.29. The molecule has 0 spiro atoms. The molecule has 0 fully saturated rings. The van der Waals surface area contributed by atoms with E-state index in [1.165, 1.54) is 6.42 Å². The third-order valence-electron chi connectivity index (χ3n) is 1.33. The summed E-state index contributed by atoms with van der Waals surface area (Å²) in [5.41, 5.74) is 6.84. The summed E-state index contributed by atoms with van der Waals surface area (Å²) in [6, 6.07) is 0. The fourth-order valence-electron chi connectivity index (χ4n) is 0.451. The number of rotatable bonds is 3. The van der Waals surface area contributed by atoms with Crippen molar-refractivity contribution in [2.24, 2.45) is 5.92 Å². The Labute approximate surface area is 129 Å². The smallest absolute Gasteiger partial charge is 0.677 e. The van der Waals surface area contributed by atoms with Crippen molar-refractivity contribution in [3.05, 3.63) is 5.73 Å². The molecule has 0 heterocycles. The van der Waals surface area contributed by atoms with Crippen molar-refractivity contribution >= 4 is 0 Å². The molecular formula is C10H26NRb. The maximum atomic E-state index is 6.84. The van der Waals surface area contributed by atoms with Gasteiger partial charge in [-0.15, -0.1) is 0 Å². The van der Waals surface area contributed by atoms with Gasteiger partial charge in [0.2, 0.25) is 0 Å². The van der Waals surface area contributed by atoms with Crippen LogP contribution in [0.25, 0.3) is 5.73 Å². The summed E-state index contributed by atoms with van der Waals surface area (Å²) < 4.78 is 0. The second-order valence-electron chi connectivity index (χ2n) is 2.05. The van der Waals surface area contributed by atoms with E-state index >= 15 is 0 Å². The molecule has 1 unspecified atom stereocenters. The normalized spacial score (nSPS) is 9.25. The fraction of sp³-hybridized carbons (Fsp3) is 1.00. The molecule has 0 bridgehead atoms. The minimum absolute atomic E-state index is 0. The fourth-order valence-corrected chi connectivity index (χ4v) is 0.451. The Hall–Kier alpha value is 1.77. The number of hydrogen-bond acceptors (Lipinski definition) is 0. The minimum atomic E-state index is 0. The van der Waals surface area contributed by atoms with Crippen LogP contribution in [0.3, 0.4) is 0 Å². The first-order chi connectivity index (χ1) is 5.31. The Kier molecular flexibility index (Phi) is 57.4. The van der Waals surface area contributed by atoms with Crippen LogP contribution in [0.1, 0.15) is 54.4 Å². The zero-order valence-corrected chi connectivity index (χ0v) is 15.1. The Bertz CT molecular complexity index is 40.8. The Balaban J connectivity index is -0.0000000560. The van der Waals surface area contributed by atoms with Gasteiger partial charge < -0.3 is 5.73 Å². The van der Waals surface area contributed by atoms with E-state index in [0.29, 0.717) is 6.54 Å². The first-order valence-electron chi connectivity index (χ1n) is 4.95. The average molecular weight is 246 g/mol. The SMILES string of the molecule is CC.CC.CCC(C)CC[NH-].[Rb+]. The molecule has 1 atom stereocenters. The van der Waals surface area contributed by atoms with E-state index < -0.39 is 0 Å². The van der Waals surface area contributed by atoms with Crippen molar-refractivity contribution in [1.29, 1.82) is 0 Å². The van der Waals surface area contributed by atoms with Crippen molar-refractivity contribution in [3.8, 4) is 0 Å². The molecule has 0 rings (SSSR count). The number of hydrogen-bond donors (Lipinski definition) is 0. The molecule has 1 N–H and O–H groups in total. The molecule has 0 aliphatic rings. The van der Waals surface area contributed by atoms with E-state index in [4.69, 9.17) is 5.73 Å². The molecule has 2 heteroatoms. The van der Waals surface area contributed by atoms with Gasteiger partial charge in [0.15, 0.2) is 0 Å². The monoisotopic (exact) mass is 245 g/mol. The van der Waals surface area contributed by atoms with Gasteiger partial charge in [0, 0.05) is 0 Å². The van der Waals surface area contributed by atoms with Gasteiger partial charge in [-0.05, 0) is 5.92 Å².